The lowest BCUT2D eigenvalue weighted by atomic mass is 9.84. The zero-order chi connectivity index (χ0) is 64.5. The molecule has 0 radical (unpaired) electrons. The Morgan fingerprint density at radius 3 is 1.33 bits per heavy atom. The number of rotatable bonds is 25. The third-order valence-electron chi connectivity index (χ3n) is 18.5. The van der Waals surface area contributed by atoms with E-state index >= 15 is 0 Å². The summed E-state index contributed by atoms with van der Waals surface area (Å²) in [5.74, 6) is 3.86. The van der Waals surface area contributed by atoms with Crippen LogP contribution in [0.4, 0.5) is 0 Å². The molecule has 3 atom stereocenters. The summed E-state index contributed by atoms with van der Waals surface area (Å²) in [5.41, 5.74) is 7.34. The minimum absolute atomic E-state index is 0.0400. The number of allylic oxidation sites excluding steroid dienone is 1. The number of ether oxygens (including phenoxy) is 3. The van der Waals surface area contributed by atoms with E-state index in [1.54, 1.807) is 6.08 Å². The molecule has 0 heterocycles. The maximum Gasteiger partial charge on any atom is 0.330 e. The standard InChI is InChI=1S/C30H43NO2.C15H29NO2.C15H26O2.C9H18O.C9H16O/c1-24(27-18-12-7-13-19-27)31(23-26-16-10-6-11-17-26)28(22-29(32)33-30(2,3)4)21-20-25-14-8-5-9-15-25;1-15(2,3)18-14(17)11-13(16)10-9-12-7-5-4-6-8-12;1-15(2,3)17-14(16)12-8-7-11-13-9-5-4-6-10-13;2*10-8-4-7-9-5-2-1-3-6-9/h6-7,10-13,16-19,24-25,28H,5,8-9,14-15,20-23H2,1-4H3;12-13H,4-11,16H2,1-3H3;8,12-13H,4-7,9-11H2,1-3H3;9-10H,1-8H2;8-9H,1-7H2/b;;12-8+;;/t24-,28-;13-;;;/m00.../s1. The Balaban J connectivity index is 0.000000313. The van der Waals surface area contributed by atoms with Gasteiger partial charge in [-0.3, -0.25) is 14.5 Å². The molecule has 2 aromatic carbocycles. The number of benzene rings is 2. The second kappa shape index (κ2) is 45.4. The molecule has 7 rings (SSSR count). The molecule has 0 aliphatic heterocycles. The van der Waals surface area contributed by atoms with Crippen molar-refractivity contribution in [3.05, 3.63) is 83.9 Å². The predicted molar refractivity (Wildman–Crippen MR) is 367 cm³/mol. The highest BCUT2D eigenvalue weighted by atomic mass is 16.6. The number of nitrogens with two attached hydrogens (primary N) is 1. The summed E-state index contributed by atoms with van der Waals surface area (Å²) in [6.07, 6.45) is 50.7. The first kappa shape index (κ1) is 78.4. The van der Waals surface area contributed by atoms with Crippen molar-refractivity contribution in [2.75, 3.05) is 6.61 Å². The van der Waals surface area contributed by atoms with E-state index in [9.17, 15) is 19.2 Å². The molecule has 0 amide bonds. The summed E-state index contributed by atoms with van der Waals surface area (Å²) in [6.45, 7) is 20.7. The molecule has 0 saturated heterocycles. The molecule has 5 saturated carbocycles. The van der Waals surface area contributed by atoms with Gasteiger partial charge in [-0.25, -0.2) is 4.79 Å². The third kappa shape index (κ3) is 40.1. The van der Waals surface area contributed by atoms with Crippen molar-refractivity contribution >= 4 is 24.2 Å². The second-order valence-corrected chi connectivity index (χ2v) is 30.0. The lowest BCUT2D eigenvalue weighted by molar-refractivity contribution is -0.157. The summed E-state index contributed by atoms with van der Waals surface area (Å²) < 4.78 is 16.3. The van der Waals surface area contributed by atoms with E-state index in [0.717, 1.165) is 80.9 Å². The summed E-state index contributed by atoms with van der Waals surface area (Å²) in [4.78, 5) is 48.6. The number of aliphatic hydroxyl groups excluding tert-OH is 1. The fourth-order valence-electron chi connectivity index (χ4n) is 13.7. The van der Waals surface area contributed by atoms with E-state index in [1.807, 2.05) is 68.4 Å². The zero-order valence-corrected chi connectivity index (χ0v) is 58.0. The molecule has 10 nitrogen and oxygen atoms in total. The number of aldehydes is 1. The van der Waals surface area contributed by atoms with Gasteiger partial charge < -0.3 is 29.8 Å². The lowest BCUT2D eigenvalue weighted by Crippen LogP contribution is -2.40. The third-order valence-corrected chi connectivity index (χ3v) is 18.5. The molecule has 5 fully saturated rings. The molecular formula is C78H132N2O8. The fraction of sp³-hybridized carbons (Fsp3) is 0.769. The van der Waals surface area contributed by atoms with Gasteiger partial charge in [0.05, 0.1) is 12.8 Å². The molecule has 2 aromatic rings. The number of carbonyl (C=O) groups excluding carboxylic acids is 4. The van der Waals surface area contributed by atoms with Gasteiger partial charge in [0.1, 0.15) is 23.1 Å². The van der Waals surface area contributed by atoms with Crippen LogP contribution >= 0.6 is 0 Å². The Hall–Kier alpha value is -3.86. The minimum Gasteiger partial charge on any atom is -0.460 e. The van der Waals surface area contributed by atoms with Crippen LogP contribution in [0, 0.1) is 29.6 Å². The molecule has 5 aliphatic carbocycles. The predicted octanol–water partition coefficient (Wildman–Crippen LogP) is 20.2. The monoisotopic (exact) mass is 1220 g/mol. The van der Waals surface area contributed by atoms with Crippen LogP contribution in [-0.2, 0) is 39.9 Å². The van der Waals surface area contributed by atoms with E-state index in [-0.39, 0.29) is 41.6 Å². The first-order valence-electron chi connectivity index (χ1n) is 36.0. The summed E-state index contributed by atoms with van der Waals surface area (Å²) in [7, 11) is 0. The number of hydrogen-bond acceptors (Lipinski definition) is 10. The fourth-order valence-corrected chi connectivity index (χ4v) is 13.7. The van der Waals surface area contributed by atoms with Crippen molar-refractivity contribution in [1.82, 2.24) is 4.90 Å². The molecule has 0 aromatic heterocycles. The van der Waals surface area contributed by atoms with Crippen LogP contribution in [0.1, 0.15) is 324 Å². The second-order valence-electron chi connectivity index (χ2n) is 30.0. The van der Waals surface area contributed by atoms with Gasteiger partial charge in [-0.15, -0.1) is 0 Å². The van der Waals surface area contributed by atoms with Crippen LogP contribution in [-0.4, -0.2) is 69.7 Å². The number of carbonyl (C=O) groups is 4. The van der Waals surface area contributed by atoms with E-state index < -0.39 is 11.2 Å². The van der Waals surface area contributed by atoms with E-state index in [1.165, 1.54) is 197 Å². The van der Waals surface area contributed by atoms with Crippen LogP contribution in [0.2, 0.25) is 0 Å². The molecule has 10 heteroatoms. The maximum absolute atomic E-state index is 13.0. The largest absolute Gasteiger partial charge is 0.460 e. The van der Waals surface area contributed by atoms with Crippen LogP contribution in [0.3, 0.4) is 0 Å². The van der Waals surface area contributed by atoms with Gasteiger partial charge in [-0.05, 0) is 168 Å². The van der Waals surface area contributed by atoms with Crippen molar-refractivity contribution in [1.29, 1.82) is 0 Å². The van der Waals surface area contributed by atoms with E-state index in [2.05, 4.69) is 72.5 Å². The molecule has 0 bridgehead atoms. The first-order valence-corrected chi connectivity index (χ1v) is 36.0. The summed E-state index contributed by atoms with van der Waals surface area (Å²) >= 11 is 0. The van der Waals surface area contributed by atoms with Crippen LogP contribution < -0.4 is 5.73 Å². The van der Waals surface area contributed by atoms with Crippen molar-refractivity contribution in [3.8, 4) is 0 Å². The van der Waals surface area contributed by atoms with Gasteiger partial charge in [-0.2, -0.15) is 0 Å². The molecule has 5 aliphatic rings. The smallest absolute Gasteiger partial charge is 0.330 e. The maximum atomic E-state index is 13.0. The first-order chi connectivity index (χ1) is 42.0. The Morgan fingerprint density at radius 2 is 0.909 bits per heavy atom. The van der Waals surface area contributed by atoms with Crippen LogP contribution in [0.5, 0.6) is 0 Å². The lowest BCUT2D eigenvalue weighted by Gasteiger charge is -2.38. The molecule has 88 heavy (non-hydrogen) atoms. The molecule has 502 valence electrons. The van der Waals surface area contributed by atoms with Crippen molar-refractivity contribution < 1.29 is 38.5 Å². The van der Waals surface area contributed by atoms with Gasteiger partial charge in [-0.1, -0.05) is 227 Å². The quantitative estimate of drug-likeness (QED) is 0.0426. The van der Waals surface area contributed by atoms with Gasteiger partial charge in [0, 0.05) is 43.8 Å². The van der Waals surface area contributed by atoms with Gasteiger partial charge in [0.2, 0.25) is 0 Å². The molecule has 0 unspecified atom stereocenters. The number of nitrogens with zero attached hydrogens (tertiary/aromatic N) is 1. The summed E-state index contributed by atoms with van der Waals surface area (Å²) in [6, 6.07) is 21.7. The van der Waals surface area contributed by atoms with Gasteiger partial charge in [0.25, 0.3) is 0 Å². The van der Waals surface area contributed by atoms with Crippen LogP contribution in [0.25, 0.3) is 0 Å². The number of esters is 3. The Bertz CT molecular complexity index is 2100. The van der Waals surface area contributed by atoms with Crippen molar-refractivity contribution in [3.63, 3.8) is 0 Å². The number of hydrogen-bond donors (Lipinski definition) is 2. The van der Waals surface area contributed by atoms with Gasteiger partial charge in [0.15, 0.2) is 0 Å². The normalized spacial score (nSPS) is 18.7. The van der Waals surface area contributed by atoms with E-state index in [4.69, 9.17) is 25.1 Å². The Kier molecular flexibility index (Phi) is 40.4. The summed E-state index contributed by atoms with van der Waals surface area (Å²) in [5, 5.41) is 8.60. The molecule has 0 spiro atoms. The number of aliphatic hydroxyl groups is 1. The van der Waals surface area contributed by atoms with Crippen molar-refractivity contribution in [2.45, 2.75) is 348 Å². The average molecular weight is 1230 g/mol. The minimum atomic E-state index is -0.458. The molecular weight excluding hydrogens is 1090 g/mol. The highest BCUT2D eigenvalue weighted by Crippen LogP contribution is 2.35. The van der Waals surface area contributed by atoms with Crippen LogP contribution in [0.15, 0.2) is 72.8 Å². The van der Waals surface area contributed by atoms with Crippen molar-refractivity contribution in [2.24, 2.45) is 35.3 Å². The van der Waals surface area contributed by atoms with E-state index in [0.29, 0.717) is 19.4 Å². The highest BCUT2D eigenvalue weighted by Gasteiger charge is 2.30. The SMILES string of the molecule is CC(C)(C)OC(=O)/C=C/CCC1CCCCC1.CC(C)(C)OC(=O)C[C@@H](N)CCC1CCCCC1.C[C@@H](c1ccccc1)N(Cc1ccccc1)[C@@H](CCC1CCCCC1)CC(=O)OC(C)(C)C.O=CCCC1CCCCC1.OCCCC1CCCCC1. The zero-order valence-electron chi connectivity index (χ0n) is 58.0. The highest BCUT2D eigenvalue weighted by molar-refractivity contribution is 5.82. The van der Waals surface area contributed by atoms with Gasteiger partial charge >= 0.3 is 17.9 Å². The molecule has 3 N–H and O–H groups in total. The average Bonchev–Trinajstić information content (AvgIpc) is 1.91. The topological polar surface area (TPSA) is 145 Å². The Labute approximate surface area is 539 Å². The Morgan fingerprint density at radius 1 is 0.523 bits per heavy atom.